The maximum absolute atomic E-state index is 12.5. The molecule has 1 saturated heterocycles. The van der Waals surface area contributed by atoms with Crippen LogP contribution in [0.1, 0.15) is 29.3 Å². The van der Waals surface area contributed by atoms with Crippen molar-refractivity contribution in [3.63, 3.8) is 0 Å². The lowest BCUT2D eigenvalue weighted by Crippen LogP contribution is -2.43. The number of hydrogen-bond donors (Lipinski definition) is 2. The number of anilines is 1. The Bertz CT molecular complexity index is 527. The molecule has 5 nitrogen and oxygen atoms in total. The van der Waals surface area contributed by atoms with E-state index in [1.54, 1.807) is 12.1 Å². The van der Waals surface area contributed by atoms with Gasteiger partial charge in [-0.15, -0.1) is 0 Å². The summed E-state index contributed by atoms with van der Waals surface area (Å²) in [5, 5.41) is 9.25. The first kappa shape index (κ1) is 13.4. The summed E-state index contributed by atoms with van der Waals surface area (Å²) >= 11 is 0. The molecule has 2 rings (SSSR count). The summed E-state index contributed by atoms with van der Waals surface area (Å²) in [6.07, 6.45) is 0.703. The van der Waals surface area contributed by atoms with Gasteiger partial charge in [0, 0.05) is 12.2 Å². The number of aryl methyl sites for hydroxylation is 1. The molecular weight excluding hydrogens is 244 g/mol. The van der Waals surface area contributed by atoms with E-state index in [4.69, 9.17) is 5.73 Å². The summed E-state index contributed by atoms with van der Waals surface area (Å²) in [5.74, 6) is -1.28. The highest BCUT2D eigenvalue weighted by Crippen LogP contribution is 2.27. The average molecular weight is 262 g/mol. The molecule has 5 heteroatoms. The molecule has 1 aromatic rings. The van der Waals surface area contributed by atoms with Crippen molar-refractivity contribution in [2.75, 3.05) is 12.3 Å². The second-order valence-electron chi connectivity index (χ2n) is 5.14. The van der Waals surface area contributed by atoms with Gasteiger partial charge in [-0.2, -0.15) is 0 Å². The molecule has 102 valence electrons. The highest BCUT2D eigenvalue weighted by atomic mass is 16.4. The number of carboxylic acid groups (broad SMARTS) is 1. The van der Waals surface area contributed by atoms with E-state index in [0.29, 0.717) is 24.2 Å². The summed E-state index contributed by atoms with van der Waals surface area (Å²) < 4.78 is 0. The van der Waals surface area contributed by atoms with Gasteiger partial charge in [-0.05, 0) is 31.4 Å². The van der Waals surface area contributed by atoms with Gasteiger partial charge in [0.15, 0.2) is 0 Å². The van der Waals surface area contributed by atoms with Crippen LogP contribution in [0.3, 0.4) is 0 Å². The number of benzene rings is 1. The molecule has 0 aromatic heterocycles. The van der Waals surface area contributed by atoms with Crippen molar-refractivity contribution >= 4 is 17.6 Å². The summed E-state index contributed by atoms with van der Waals surface area (Å²) in [4.78, 5) is 25.2. The maximum Gasteiger partial charge on any atom is 0.326 e. The van der Waals surface area contributed by atoms with E-state index >= 15 is 0 Å². The van der Waals surface area contributed by atoms with Crippen molar-refractivity contribution in [2.45, 2.75) is 26.3 Å². The largest absolute Gasteiger partial charge is 0.480 e. The van der Waals surface area contributed by atoms with Crippen LogP contribution in [0.25, 0.3) is 0 Å². The third kappa shape index (κ3) is 2.41. The number of nitrogens with two attached hydrogens (primary N) is 1. The monoisotopic (exact) mass is 262 g/mol. The van der Waals surface area contributed by atoms with Gasteiger partial charge in [0.05, 0.1) is 5.56 Å². The van der Waals surface area contributed by atoms with Crippen LogP contribution in [0.2, 0.25) is 0 Å². The SMILES string of the molecule is Cc1ccc(N)c(C(=O)N2CCC(C)C2C(=O)O)c1. The molecule has 1 aliphatic rings. The van der Waals surface area contributed by atoms with Crippen LogP contribution < -0.4 is 5.73 Å². The molecule has 0 bridgehead atoms. The number of carbonyl (C=O) groups is 2. The van der Waals surface area contributed by atoms with Crippen molar-refractivity contribution < 1.29 is 14.7 Å². The molecule has 1 heterocycles. The number of carboxylic acids is 1. The van der Waals surface area contributed by atoms with E-state index < -0.39 is 12.0 Å². The Morgan fingerprint density at radius 3 is 2.74 bits per heavy atom. The maximum atomic E-state index is 12.5. The van der Waals surface area contributed by atoms with Gasteiger partial charge in [-0.1, -0.05) is 18.6 Å². The van der Waals surface area contributed by atoms with E-state index in [0.717, 1.165) is 5.56 Å². The molecule has 0 spiro atoms. The predicted molar refractivity (Wildman–Crippen MR) is 71.8 cm³/mol. The molecule has 0 radical (unpaired) electrons. The Kier molecular flexibility index (Phi) is 3.46. The Morgan fingerprint density at radius 2 is 2.11 bits per heavy atom. The second kappa shape index (κ2) is 4.91. The number of amides is 1. The standard InChI is InChI=1S/C14H18N2O3/c1-8-3-4-11(15)10(7-8)13(17)16-6-5-9(2)12(16)14(18)19/h3-4,7,9,12H,5-6,15H2,1-2H3,(H,18,19). The fraction of sp³-hybridized carbons (Fsp3) is 0.429. The highest BCUT2D eigenvalue weighted by molar-refractivity contribution is 6.01. The fourth-order valence-electron chi connectivity index (χ4n) is 2.56. The molecule has 2 unspecified atom stereocenters. The zero-order valence-electron chi connectivity index (χ0n) is 11.1. The number of likely N-dealkylation sites (tertiary alicyclic amines) is 1. The van der Waals surface area contributed by atoms with Crippen LogP contribution >= 0.6 is 0 Å². The Labute approximate surface area is 112 Å². The zero-order valence-corrected chi connectivity index (χ0v) is 11.1. The molecule has 2 atom stereocenters. The third-order valence-corrected chi connectivity index (χ3v) is 3.65. The van der Waals surface area contributed by atoms with Crippen molar-refractivity contribution in [2.24, 2.45) is 5.92 Å². The van der Waals surface area contributed by atoms with E-state index in [2.05, 4.69) is 0 Å². The van der Waals surface area contributed by atoms with Crippen LogP contribution in [0.4, 0.5) is 5.69 Å². The van der Waals surface area contributed by atoms with Gasteiger partial charge >= 0.3 is 5.97 Å². The van der Waals surface area contributed by atoms with Gasteiger partial charge < -0.3 is 15.7 Å². The molecule has 1 amide bonds. The lowest BCUT2D eigenvalue weighted by Gasteiger charge is -2.24. The fourth-order valence-corrected chi connectivity index (χ4v) is 2.56. The van der Waals surface area contributed by atoms with Crippen molar-refractivity contribution in [3.05, 3.63) is 29.3 Å². The quantitative estimate of drug-likeness (QED) is 0.791. The lowest BCUT2D eigenvalue weighted by atomic mass is 10.0. The van der Waals surface area contributed by atoms with Crippen LogP contribution in [0, 0.1) is 12.8 Å². The minimum atomic E-state index is -0.954. The van der Waals surface area contributed by atoms with Gasteiger partial charge in [0.25, 0.3) is 5.91 Å². The van der Waals surface area contributed by atoms with Crippen molar-refractivity contribution in [1.82, 2.24) is 4.90 Å². The molecule has 19 heavy (non-hydrogen) atoms. The van der Waals surface area contributed by atoms with Crippen molar-refractivity contribution in [3.8, 4) is 0 Å². The van der Waals surface area contributed by atoms with E-state index in [1.807, 2.05) is 19.9 Å². The Hall–Kier alpha value is -2.04. The molecule has 0 saturated carbocycles. The topological polar surface area (TPSA) is 83.6 Å². The van der Waals surface area contributed by atoms with E-state index in [-0.39, 0.29) is 11.8 Å². The second-order valence-corrected chi connectivity index (χ2v) is 5.14. The number of carbonyl (C=O) groups excluding carboxylic acids is 1. The first-order valence-corrected chi connectivity index (χ1v) is 6.31. The lowest BCUT2D eigenvalue weighted by molar-refractivity contribution is -0.142. The Balaban J connectivity index is 2.33. The molecule has 1 aliphatic heterocycles. The summed E-state index contributed by atoms with van der Waals surface area (Å²) in [6, 6.07) is 4.46. The van der Waals surface area contributed by atoms with Crippen LogP contribution in [-0.2, 0) is 4.79 Å². The van der Waals surface area contributed by atoms with Gasteiger partial charge in [-0.3, -0.25) is 4.79 Å². The number of aliphatic carboxylic acids is 1. The highest BCUT2D eigenvalue weighted by Gasteiger charge is 2.40. The first-order chi connectivity index (χ1) is 8.91. The third-order valence-electron chi connectivity index (χ3n) is 3.65. The van der Waals surface area contributed by atoms with Crippen LogP contribution in [0.5, 0.6) is 0 Å². The number of nitrogen functional groups attached to an aromatic ring is 1. The molecule has 1 aromatic carbocycles. The minimum Gasteiger partial charge on any atom is -0.480 e. The zero-order chi connectivity index (χ0) is 14.2. The average Bonchev–Trinajstić information content (AvgIpc) is 2.73. The number of nitrogens with zero attached hydrogens (tertiary/aromatic N) is 1. The normalized spacial score (nSPS) is 22.5. The van der Waals surface area contributed by atoms with Crippen molar-refractivity contribution in [1.29, 1.82) is 0 Å². The molecule has 1 fully saturated rings. The molecular formula is C14H18N2O3. The molecule has 3 N–H and O–H groups in total. The van der Waals surface area contributed by atoms with E-state index in [1.165, 1.54) is 4.90 Å². The van der Waals surface area contributed by atoms with Gasteiger partial charge in [0.2, 0.25) is 0 Å². The van der Waals surface area contributed by atoms with Crippen LogP contribution in [0.15, 0.2) is 18.2 Å². The van der Waals surface area contributed by atoms with Gasteiger partial charge in [0.1, 0.15) is 6.04 Å². The molecule has 0 aliphatic carbocycles. The van der Waals surface area contributed by atoms with E-state index in [9.17, 15) is 14.7 Å². The summed E-state index contributed by atoms with van der Waals surface area (Å²) in [6.45, 7) is 4.19. The summed E-state index contributed by atoms with van der Waals surface area (Å²) in [7, 11) is 0. The van der Waals surface area contributed by atoms with Gasteiger partial charge in [-0.25, -0.2) is 4.79 Å². The minimum absolute atomic E-state index is 0.0347. The van der Waals surface area contributed by atoms with Crippen LogP contribution in [-0.4, -0.2) is 34.5 Å². The first-order valence-electron chi connectivity index (χ1n) is 6.31. The predicted octanol–water partition coefficient (Wildman–Crippen LogP) is 1.51. The number of hydrogen-bond acceptors (Lipinski definition) is 3. The number of rotatable bonds is 2. The Morgan fingerprint density at radius 1 is 1.42 bits per heavy atom. The summed E-state index contributed by atoms with van der Waals surface area (Å²) in [5.41, 5.74) is 7.52. The smallest absolute Gasteiger partial charge is 0.326 e.